The lowest BCUT2D eigenvalue weighted by atomic mass is 10.3. The Balaban J connectivity index is 1.53. The van der Waals surface area contributed by atoms with E-state index in [1.54, 1.807) is 7.05 Å². The number of ether oxygens (including phenoxy) is 2. The van der Waals surface area contributed by atoms with Gasteiger partial charge in [0.2, 0.25) is 0 Å². The zero-order valence-corrected chi connectivity index (χ0v) is 18.1. The summed E-state index contributed by atoms with van der Waals surface area (Å²) in [5, 5.41) is 4.19. The maximum absolute atomic E-state index is 12.6. The fraction of sp³-hybridized carbons (Fsp3) is 0.227. The molecule has 1 amide bonds. The Bertz CT molecular complexity index is 1020. The molecule has 0 fully saturated rings. The largest absolute Gasteiger partial charge is 0.492 e. The van der Waals surface area contributed by atoms with Crippen LogP contribution in [0.5, 0.6) is 11.5 Å². The summed E-state index contributed by atoms with van der Waals surface area (Å²) in [6.45, 7) is 1.23. The van der Waals surface area contributed by atoms with Gasteiger partial charge in [0.25, 0.3) is 11.5 Å². The molecular formula is C22H22BrN3O4. The van der Waals surface area contributed by atoms with Gasteiger partial charge in [0, 0.05) is 17.6 Å². The Kier molecular flexibility index (Phi) is 7.62. The predicted octanol–water partition coefficient (Wildman–Crippen LogP) is 3.24. The van der Waals surface area contributed by atoms with Crippen LogP contribution in [-0.2, 0) is 6.54 Å². The first-order chi connectivity index (χ1) is 14.5. The number of aromatic nitrogens is 2. The third kappa shape index (κ3) is 6.18. The Morgan fingerprint density at radius 2 is 1.63 bits per heavy atom. The van der Waals surface area contributed by atoms with Gasteiger partial charge < -0.3 is 14.4 Å². The smallest absolute Gasteiger partial charge is 0.274 e. The number of carbonyl (C=O) groups excluding carboxylic acids is 1. The van der Waals surface area contributed by atoms with Crippen molar-refractivity contribution in [3.8, 4) is 11.5 Å². The van der Waals surface area contributed by atoms with E-state index in [0.717, 1.165) is 10.2 Å². The van der Waals surface area contributed by atoms with E-state index in [4.69, 9.17) is 9.47 Å². The zero-order chi connectivity index (χ0) is 21.3. The van der Waals surface area contributed by atoms with Gasteiger partial charge in [-0.2, -0.15) is 5.10 Å². The third-order valence-corrected chi connectivity index (χ3v) is 4.79. The summed E-state index contributed by atoms with van der Waals surface area (Å²) in [7, 11) is 1.67. The van der Waals surface area contributed by atoms with Gasteiger partial charge in [-0.1, -0.05) is 34.1 Å². The van der Waals surface area contributed by atoms with Gasteiger partial charge in [0.05, 0.1) is 13.1 Å². The van der Waals surface area contributed by atoms with Crippen LogP contribution in [0.15, 0.2) is 76.0 Å². The van der Waals surface area contributed by atoms with Crippen molar-refractivity contribution in [2.45, 2.75) is 6.54 Å². The number of halogens is 1. The average molecular weight is 472 g/mol. The SMILES string of the molecule is CN(CCOc1ccc(Br)cc1)C(=O)c1ccc(=O)n(CCOc2ccccc2)n1. The summed E-state index contributed by atoms with van der Waals surface area (Å²) in [6, 6.07) is 19.6. The highest BCUT2D eigenvalue weighted by molar-refractivity contribution is 9.10. The number of para-hydroxylation sites is 1. The number of likely N-dealkylation sites (N-methyl/N-ethyl adjacent to an activating group) is 1. The highest BCUT2D eigenvalue weighted by Gasteiger charge is 2.15. The van der Waals surface area contributed by atoms with Gasteiger partial charge in [-0.05, 0) is 42.5 Å². The second kappa shape index (κ2) is 10.6. The molecule has 0 unspecified atom stereocenters. The van der Waals surface area contributed by atoms with Crippen molar-refractivity contribution in [3.63, 3.8) is 0 Å². The highest BCUT2D eigenvalue weighted by atomic mass is 79.9. The number of amides is 1. The van der Waals surface area contributed by atoms with Crippen LogP contribution < -0.4 is 15.0 Å². The minimum Gasteiger partial charge on any atom is -0.492 e. The summed E-state index contributed by atoms with van der Waals surface area (Å²) in [6.07, 6.45) is 0. The molecule has 1 heterocycles. The Morgan fingerprint density at radius 1 is 0.967 bits per heavy atom. The van der Waals surface area contributed by atoms with E-state index in [9.17, 15) is 9.59 Å². The molecule has 0 bridgehead atoms. The third-order valence-electron chi connectivity index (χ3n) is 4.26. The quantitative estimate of drug-likeness (QED) is 0.478. The molecule has 8 heteroatoms. The molecule has 156 valence electrons. The molecule has 0 spiro atoms. The molecule has 1 aromatic heterocycles. The first kappa shape index (κ1) is 21.6. The predicted molar refractivity (Wildman–Crippen MR) is 117 cm³/mol. The van der Waals surface area contributed by atoms with Crippen molar-refractivity contribution in [1.82, 2.24) is 14.7 Å². The van der Waals surface area contributed by atoms with E-state index >= 15 is 0 Å². The number of carbonyl (C=O) groups is 1. The molecule has 0 atom stereocenters. The van der Waals surface area contributed by atoms with Crippen molar-refractivity contribution in [3.05, 3.63) is 87.3 Å². The number of hydrogen-bond donors (Lipinski definition) is 0. The van der Waals surface area contributed by atoms with Gasteiger partial charge in [0.15, 0.2) is 0 Å². The topological polar surface area (TPSA) is 73.7 Å². The van der Waals surface area contributed by atoms with Crippen molar-refractivity contribution < 1.29 is 14.3 Å². The fourth-order valence-electron chi connectivity index (χ4n) is 2.62. The second-order valence-corrected chi connectivity index (χ2v) is 7.39. The van der Waals surface area contributed by atoms with E-state index < -0.39 is 0 Å². The first-order valence-corrected chi connectivity index (χ1v) is 10.2. The number of benzene rings is 2. The van der Waals surface area contributed by atoms with Crippen molar-refractivity contribution >= 4 is 21.8 Å². The normalized spacial score (nSPS) is 10.5. The maximum Gasteiger partial charge on any atom is 0.274 e. The van der Waals surface area contributed by atoms with Crippen LogP contribution in [0.4, 0.5) is 0 Å². The Hall–Kier alpha value is -3.13. The van der Waals surface area contributed by atoms with Crippen LogP contribution in [0.2, 0.25) is 0 Å². The van der Waals surface area contributed by atoms with Crippen molar-refractivity contribution in [1.29, 1.82) is 0 Å². The molecule has 0 saturated carbocycles. The first-order valence-electron chi connectivity index (χ1n) is 9.43. The number of nitrogens with zero attached hydrogens (tertiary/aromatic N) is 3. The minimum absolute atomic E-state index is 0.195. The molecule has 0 aliphatic rings. The van der Waals surface area contributed by atoms with E-state index in [1.165, 1.54) is 21.7 Å². The van der Waals surface area contributed by atoms with Crippen LogP contribution in [-0.4, -0.2) is 47.4 Å². The lowest BCUT2D eigenvalue weighted by Crippen LogP contribution is -2.34. The molecule has 0 aliphatic heterocycles. The highest BCUT2D eigenvalue weighted by Crippen LogP contribution is 2.16. The van der Waals surface area contributed by atoms with E-state index in [1.807, 2.05) is 54.6 Å². The molecule has 0 radical (unpaired) electrons. The van der Waals surface area contributed by atoms with Crippen molar-refractivity contribution in [2.75, 3.05) is 26.8 Å². The molecule has 3 aromatic rings. The summed E-state index contributed by atoms with van der Waals surface area (Å²) >= 11 is 3.37. The monoisotopic (exact) mass is 471 g/mol. The molecule has 0 N–H and O–H groups in total. The molecule has 2 aromatic carbocycles. The van der Waals surface area contributed by atoms with E-state index in [-0.39, 0.29) is 30.3 Å². The summed E-state index contributed by atoms with van der Waals surface area (Å²) < 4.78 is 13.5. The molecule has 3 rings (SSSR count). The van der Waals surface area contributed by atoms with Gasteiger partial charge >= 0.3 is 0 Å². The van der Waals surface area contributed by atoms with Gasteiger partial charge in [-0.25, -0.2) is 4.68 Å². The Labute approximate surface area is 183 Å². The minimum atomic E-state index is -0.288. The fourth-order valence-corrected chi connectivity index (χ4v) is 2.88. The molecular weight excluding hydrogens is 450 g/mol. The summed E-state index contributed by atoms with van der Waals surface area (Å²) in [5.74, 6) is 1.15. The molecule has 0 aliphatic carbocycles. The summed E-state index contributed by atoms with van der Waals surface area (Å²) in [4.78, 5) is 26.2. The van der Waals surface area contributed by atoms with Gasteiger partial charge in [0.1, 0.15) is 30.4 Å². The van der Waals surface area contributed by atoms with Gasteiger partial charge in [-0.3, -0.25) is 9.59 Å². The van der Waals surface area contributed by atoms with Crippen LogP contribution in [0.1, 0.15) is 10.5 Å². The zero-order valence-electron chi connectivity index (χ0n) is 16.5. The number of rotatable bonds is 9. The van der Waals surface area contributed by atoms with Crippen LogP contribution in [0, 0.1) is 0 Å². The maximum atomic E-state index is 12.6. The lowest BCUT2D eigenvalue weighted by Gasteiger charge is -2.17. The van der Waals surface area contributed by atoms with Gasteiger partial charge in [-0.15, -0.1) is 0 Å². The second-order valence-electron chi connectivity index (χ2n) is 6.47. The van der Waals surface area contributed by atoms with Crippen LogP contribution in [0.25, 0.3) is 0 Å². The standard InChI is InChI=1S/C22H22BrN3O4/c1-25(13-15-29-19-9-7-17(23)8-10-19)22(28)20-11-12-21(27)26(24-20)14-16-30-18-5-3-2-4-6-18/h2-12H,13-16H2,1H3. The summed E-state index contributed by atoms with van der Waals surface area (Å²) in [5.41, 5.74) is -0.0927. The van der Waals surface area contributed by atoms with E-state index in [2.05, 4.69) is 21.0 Å². The molecule has 0 saturated heterocycles. The Morgan fingerprint density at radius 3 is 2.37 bits per heavy atom. The van der Waals surface area contributed by atoms with Crippen LogP contribution in [0.3, 0.4) is 0 Å². The van der Waals surface area contributed by atoms with E-state index in [0.29, 0.717) is 18.9 Å². The lowest BCUT2D eigenvalue weighted by molar-refractivity contribution is 0.0764. The average Bonchev–Trinajstić information content (AvgIpc) is 2.76. The van der Waals surface area contributed by atoms with Crippen LogP contribution >= 0.6 is 15.9 Å². The van der Waals surface area contributed by atoms with Crippen molar-refractivity contribution in [2.24, 2.45) is 0 Å². The number of hydrogen-bond acceptors (Lipinski definition) is 5. The molecule has 7 nitrogen and oxygen atoms in total. The molecule has 30 heavy (non-hydrogen) atoms.